The standard InChI is InChI=1S/C20H26FN3O3.C2HF3O2/c1-13-2-3-15(26-13)12-23-8-6-20(7-9-23)5-4-16-17(20)18(22-27-16)19(25)24-10-14(21)11-24;3-2(4,5)1(6)7/h2-3,14,16-17H,4-12H2,1H3;(H,6,7)/t16-,17+;/m0./s1. The first kappa shape index (κ1) is 24.5. The maximum Gasteiger partial charge on any atom is 0.490 e. The molecule has 1 spiro atoms. The number of carbonyl (C=O) groups is 2. The molecule has 1 aromatic rings. The number of hydrogen-bond acceptors (Lipinski definition) is 6. The largest absolute Gasteiger partial charge is 0.490 e. The number of halogens is 4. The Kier molecular flexibility index (Phi) is 6.63. The van der Waals surface area contributed by atoms with Crippen LogP contribution < -0.4 is 0 Å². The summed E-state index contributed by atoms with van der Waals surface area (Å²) in [7, 11) is 0. The number of oxime groups is 1. The number of aliphatic carboxylic acids is 1. The van der Waals surface area contributed by atoms with Gasteiger partial charge in [0.15, 0.2) is 5.71 Å². The molecule has 1 aliphatic carbocycles. The molecule has 0 bridgehead atoms. The zero-order valence-electron chi connectivity index (χ0n) is 18.7. The first-order chi connectivity index (χ1) is 16.0. The Bertz CT molecular complexity index is 949. The molecule has 188 valence electrons. The van der Waals surface area contributed by atoms with E-state index in [9.17, 15) is 22.4 Å². The summed E-state index contributed by atoms with van der Waals surface area (Å²) < 4.78 is 50.6. The van der Waals surface area contributed by atoms with Gasteiger partial charge in [-0.1, -0.05) is 5.16 Å². The number of furan rings is 1. The Morgan fingerprint density at radius 1 is 1.21 bits per heavy atom. The molecule has 0 radical (unpaired) electrons. The van der Waals surface area contributed by atoms with Gasteiger partial charge in [-0.15, -0.1) is 0 Å². The summed E-state index contributed by atoms with van der Waals surface area (Å²) in [6.45, 7) is 5.16. The summed E-state index contributed by atoms with van der Waals surface area (Å²) in [5.74, 6) is -0.857. The van der Waals surface area contributed by atoms with Gasteiger partial charge >= 0.3 is 12.1 Å². The highest BCUT2D eigenvalue weighted by Crippen LogP contribution is 2.54. The Labute approximate surface area is 193 Å². The number of alkyl halides is 4. The second-order valence-electron chi connectivity index (χ2n) is 9.40. The Morgan fingerprint density at radius 2 is 1.85 bits per heavy atom. The highest BCUT2D eigenvalue weighted by molar-refractivity contribution is 6.40. The molecule has 0 unspecified atom stereocenters. The third kappa shape index (κ3) is 4.91. The number of carboxylic acids is 1. The van der Waals surface area contributed by atoms with Crippen molar-refractivity contribution >= 4 is 17.6 Å². The predicted octanol–water partition coefficient (Wildman–Crippen LogP) is 3.15. The average Bonchev–Trinajstić information content (AvgIpc) is 3.44. The predicted molar refractivity (Wildman–Crippen MR) is 111 cm³/mol. The van der Waals surface area contributed by atoms with Crippen molar-refractivity contribution in [3.63, 3.8) is 0 Å². The fourth-order valence-corrected chi connectivity index (χ4v) is 5.34. The topological polar surface area (TPSA) is 95.6 Å². The normalized spacial score (nSPS) is 26.3. The zero-order valence-corrected chi connectivity index (χ0v) is 18.7. The summed E-state index contributed by atoms with van der Waals surface area (Å²) in [4.78, 5) is 31.3. The molecule has 3 aliphatic heterocycles. The lowest BCUT2D eigenvalue weighted by atomic mass is 9.68. The summed E-state index contributed by atoms with van der Waals surface area (Å²) in [5, 5.41) is 11.3. The first-order valence-corrected chi connectivity index (χ1v) is 11.2. The van der Waals surface area contributed by atoms with Gasteiger partial charge in [-0.25, -0.2) is 9.18 Å². The van der Waals surface area contributed by atoms with E-state index < -0.39 is 18.3 Å². The number of fused-ring (bicyclic) bond motifs is 2. The minimum Gasteiger partial charge on any atom is -0.475 e. The van der Waals surface area contributed by atoms with Crippen LogP contribution in [0.15, 0.2) is 21.7 Å². The third-order valence-electron chi connectivity index (χ3n) is 7.15. The summed E-state index contributed by atoms with van der Waals surface area (Å²) in [5.41, 5.74) is 0.630. The van der Waals surface area contributed by atoms with E-state index in [4.69, 9.17) is 19.2 Å². The Morgan fingerprint density at radius 3 is 2.38 bits per heavy atom. The van der Waals surface area contributed by atoms with Crippen LogP contribution in [0.25, 0.3) is 0 Å². The first-order valence-electron chi connectivity index (χ1n) is 11.2. The molecule has 4 heterocycles. The summed E-state index contributed by atoms with van der Waals surface area (Å²) in [6.07, 6.45) is -1.85. The van der Waals surface area contributed by atoms with Gasteiger partial charge in [-0.05, 0) is 63.2 Å². The number of carbonyl (C=O) groups excluding carboxylic acids is 1. The summed E-state index contributed by atoms with van der Waals surface area (Å²) >= 11 is 0. The highest BCUT2D eigenvalue weighted by atomic mass is 19.4. The van der Waals surface area contributed by atoms with Crippen LogP contribution in [0.3, 0.4) is 0 Å². The van der Waals surface area contributed by atoms with E-state index in [0.29, 0.717) is 5.71 Å². The molecule has 1 amide bonds. The SMILES string of the molecule is Cc1ccc(CN2CCC3(CC[C@@H]4ON=C(C(=O)N5CC(F)C5)[C@@H]43)CC2)o1.O=C(O)C(F)(F)F. The van der Waals surface area contributed by atoms with Crippen molar-refractivity contribution in [2.45, 2.75) is 57.6 Å². The smallest absolute Gasteiger partial charge is 0.475 e. The van der Waals surface area contributed by atoms with E-state index in [1.807, 2.05) is 19.1 Å². The molecule has 8 nitrogen and oxygen atoms in total. The van der Waals surface area contributed by atoms with Crippen LogP contribution >= 0.6 is 0 Å². The van der Waals surface area contributed by atoms with Crippen molar-refractivity contribution in [1.82, 2.24) is 9.80 Å². The number of amides is 1. The molecule has 34 heavy (non-hydrogen) atoms. The second-order valence-corrected chi connectivity index (χ2v) is 9.40. The number of aryl methyl sites for hydroxylation is 1. The Balaban J connectivity index is 0.000000344. The van der Waals surface area contributed by atoms with Crippen LogP contribution in [0.5, 0.6) is 0 Å². The maximum absolute atomic E-state index is 13.2. The molecular weight excluding hydrogens is 462 g/mol. The van der Waals surface area contributed by atoms with Crippen molar-refractivity contribution in [3.05, 3.63) is 23.7 Å². The molecule has 2 atom stereocenters. The lowest BCUT2D eigenvalue weighted by Crippen LogP contribution is -2.56. The number of likely N-dealkylation sites (tertiary alicyclic amines) is 2. The molecule has 1 saturated carbocycles. The lowest BCUT2D eigenvalue weighted by Gasteiger charge is -2.43. The molecule has 1 N–H and O–H groups in total. The molecular formula is C22H27F4N3O5. The number of rotatable bonds is 3. The number of carboxylic acid groups (broad SMARTS) is 1. The fraction of sp³-hybridized carbons (Fsp3) is 0.682. The van der Waals surface area contributed by atoms with E-state index >= 15 is 0 Å². The number of hydrogen-bond donors (Lipinski definition) is 1. The van der Waals surface area contributed by atoms with Crippen molar-refractivity contribution in [2.24, 2.45) is 16.5 Å². The van der Waals surface area contributed by atoms with Gasteiger partial charge in [0, 0.05) is 0 Å². The van der Waals surface area contributed by atoms with Crippen LogP contribution in [-0.4, -0.2) is 77.1 Å². The number of nitrogens with zero attached hydrogens (tertiary/aromatic N) is 3. The van der Waals surface area contributed by atoms with Crippen molar-refractivity contribution < 1.29 is 41.5 Å². The van der Waals surface area contributed by atoms with E-state index in [-0.39, 0.29) is 36.4 Å². The fourth-order valence-electron chi connectivity index (χ4n) is 5.34. The quantitative estimate of drug-likeness (QED) is 0.656. The molecule has 0 aromatic carbocycles. The van der Waals surface area contributed by atoms with Crippen LogP contribution in [-0.2, 0) is 21.0 Å². The molecule has 1 aromatic heterocycles. The molecule has 12 heteroatoms. The van der Waals surface area contributed by atoms with Crippen LogP contribution in [0.1, 0.15) is 37.2 Å². The zero-order chi connectivity index (χ0) is 24.7. The van der Waals surface area contributed by atoms with Gasteiger partial charge < -0.3 is 19.3 Å². The minimum absolute atomic E-state index is 0.0191. The van der Waals surface area contributed by atoms with Gasteiger partial charge in [0.05, 0.1) is 25.6 Å². The molecule has 3 fully saturated rings. The molecule has 2 saturated heterocycles. The number of piperidine rings is 1. The van der Waals surface area contributed by atoms with E-state index in [2.05, 4.69) is 10.1 Å². The van der Waals surface area contributed by atoms with Crippen molar-refractivity contribution in [3.8, 4) is 0 Å². The van der Waals surface area contributed by atoms with Gasteiger partial charge in [0.2, 0.25) is 0 Å². The van der Waals surface area contributed by atoms with Crippen LogP contribution in [0.2, 0.25) is 0 Å². The monoisotopic (exact) mass is 489 g/mol. The van der Waals surface area contributed by atoms with E-state index in [1.54, 1.807) is 4.90 Å². The van der Waals surface area contributed by atoms with Crippen LogP contribution in [0.4, 0.5) is 17.6 Å². The highest BCUT2D eigenvalue weighted by Gasteiger charge is 2.58. The van der Waals surface area contributed by atoms with Gasteiger partial charge in [-0.2, -0.15) is 13.2 Å². The second kappa shape index (κ2) is 9.20. The van der Waals surface area contributed by atoms with Crippen LogP contribution in [0, 0.1) is 18.3 Å². The van der Waals surface area contributed by atoms with Gasteiger partial charge in [-0.3, -0.25) is 9.69 Å². The van der Waals surface area contributed by atoms with E-state index in [1.165, 1.54) is 0 Å². The lowest BCUT2D eigenvalue weighted by molar-refractivity contribution is -0.192. The molecule has 5 rings (SSSR count). The minimum atomic E-state index is -5.08. The van der Waals surface area contributed by atoms with Crippen molar-refractivity contribution in [2.75, 3.05) is 26.2 Å². The molecule has 4 aliphatic rings. The van der Waals surface area contributed by atoms with Crippen molar-refractivity contribution in [1.29, 1.82) is 0 Å². The maximum atomic E-state index is 13.2. The van der Waals surface area contributed by atoms with Gasteiger partial charge in [0.25, 0.3) is 5.91 Å². The average molecular weight is 489 g/mol. The summed E-state index contributed by atoms with van der Waals surface area (Å²) in [6, 6.07) is 4.05. The third-order valence-corrected chi connectivity index (χ3v) is 7.15. The Hall–Kier alpha value is -2.63. The van der Waals surface area contributed by atoms with E-state index in [0.717, 1.165) is 56.8 Å². The van der Waals surface area contributed by atoms with Gasteiger partial charge in [0.1, 0.15) is 23.8 Å².